The Morgan fingerprint density at radius 1 is 1.29 bits per heavy atom. The van der Waals surface area contributed by atoms with Crippen LogP contribution in [0.3, 0.4) is 0 Å². The molecule has 2 rings (SSSR count). The van der Waals surface area contributed by atoms with Crippen molar-refractivity contribution in [3.05, 3.63) is 40.6 Å². The summed E-state index contributed by atoms with van der Waals surface area (Å²) < 4.78 is 7.82. The molecule has 116 valence electrons. The fraction of sp³-hybridized carbons (Fsp3) is 0.588. The lowest BCUT2D eigenvalue weighted by Gasteiger charge is -2.22. The summed E-state index contributed by atoms with van der Waals surface area (Å²) >= 11 is 0. The predicted octanol–water partition coefficient (Wildman–Crippen LogP) is 3.99. The van der Waals surface area contributed by atoms with E-state index in [0.29, 0.717) is 6.04 Å². The van der Waals surface area contributed by atoms with Gasteiger partial charge in [-0.15, -0.1) is 0 Å². The topological polar surface area (TPSA) is 43.0 Å². The minimum absolute atomic E-state index is 0.189. The van der Waals surface area contributed by atoms with Crippen LogP contribution in [-0.2, 0) is 13.5 Å². The van der Waals surface area contributed by atoms with E-state index in [0.717, 1.165) is 30.1 Å². The molecule has 0 spiro atoms. The molecule has 0 radical (unpaired) electrons. The first-order valence-corrected chi connectivity index (χ1v) is 7.82. The van der Waals surface area contributed by atoms with E-state index in [-0.39, 0.29) is 6.04 Å². The van der Waals surface area contributed by atoms with Gasteiger partial charge in [0.15, 0.2) is 0 Å². The second-order valence-electron chi connectivity index (χ2n) is 5.71. The van der Waals surface area contributed by atoms with Gasteiger partial charge in [0.1, 0.15) is 11.5 Å². The van der Waals surface area contributed by atoms with Crippen molar-refractivity contribution in [3.8, 4) is 0 Å². The molecule has 0 bridgehead atoms. The van der Waals surface area contributed by atoms with Crippen LogP contribution in [0.15, 0.2) is 16.5 Å². The third-order valence-electron chi connectivity index (χ3n) is 4.23. The maximum absolute atomic E-state index is 5.86. The SMILES string of the molecule is CCc1ccc([C@H](C)N[C@H](CC)c2c(C)nn(C)c2C)o1. The van der Waals surface area contributed by atoms with Crippen LogP contribution in [0.2, 0.25) is 0 Å². The number of aryl methyl sites for hydroxylation is 3. The molecular formula is C17H27N3O. The van der Waals surface area contributed by atoms with Gasteiger partial charge in [0.2, 0.25) is 0 Å². The van der Waals surface area contributed by atoms with E-state index >= 15 is 0 Å². The van der Waals surface area contributed by atoms with Crippen LogP contribution in [0.4, 0.5) is 0 Å². The number of hydrogen-bond donors (Lipinski definition) is 1. The van der Waals surface area contributed by atoms with Crippen molar-refractivity contribution in [3.63, 3.8) is 0 Å². The zero-order chi connectivity index (χ0) is 15.6. The van der Waals surface area contributed by atoms with Gasteiger partial charge in [-0.1, -0.05) is 13.8 Å². The number of nitrogens with one attached hydrogen (secondary N) is 1. The Labute approximate surface area is 127 Å². The number of furan rings is 1. The molecule has 0 fully saturated rings. The van der Waals surface area contributed by atoms with Gasteiger partial charge in [-0.2, -0.15) is 5.10 Å². The van der Waals surface area contributed by atoms with Gasteiger partial charge in [-0.05, 0) is 39.3 Å². The second kappa shape index (κ2) is 6.48. The van der Waals surface area contributed by atoms with E-state index in [1.165, 1.54) is 11.3 Å². The molecule has 2 aromatic rings. The molecule has 21 heavy (non-hydrogen) atoms. The Hall–Kier alpha value is -1.55. The van der Waals surface area contributed by atoms with Crippen LogP contribution in [0.1, 0.15) is 67.7 Å². The maximum Gasteiger partial charge on any atom is 0.120 e. The number of aromatic nitrogens is 2. The number of rotatable bonds is 6. The molecule has 0 aliphatic heterocycles. The van der Waals surface area contributed by atoms with Crippen LogP contribution in [0, 0.1) is 13.8 Å². The Kier molecular flexibility index (Phi) is 4.88. The van der Waals surface area contributed by atoms with Gasteiger partial charge in [0, 0.05) is 30.8 Å². The summed E-state index contributed by atoms with van der Waals surface area (Å²) in [6, 6.07) is 4.62. The highest BCUT2D eigenvalue weighted by Gasteiger charge is 2.21. The molecule has 2 atom stereocenters. The first-order chi connectivity index (χ1) is 9.97. The van der Waals surface area contributed by atoms with E-state index in [4.69, 9.17) is 4.42 Å². The Morgan fingerprint density at radius 3 is 2.48 bits per heavy atom. The molecule has 0 aliphatic rings. The number of hydrogen-bond acceptors (Lipinski definition) is 3. The molecule has 0 unspecified atom stereocenters. The first kappa shape index (κ1) is 15.8. The monoisotopic (exact) mass is 289 g/mol. The van der Waals surface area contributed by atoms with Crippen molar-refractivity contribution >= 4 is 0 Å². The summed E-state index contributed by atoms with van der Waals surface area (Å²) in [6.07, 6.45) is 1.96. The fourth-order valence-electron chi connectivity index (χ4n) is 2.90. The Morgan fingerprint density at radius 2 is 2.00 bits per heavy atom. The minimum Gasteiger partial charge on any atom is -0.464 e. The molecular weight excluding hydrogens is 262 g/mol. The summed E-state index contributed by atoms with van der Waals surface area (Å²) in [5.74, 6) is 2.05. The summed E-state index contributed by atoms with van der Waals surface area (Å²) in [5, 5.41) is 8.21. The van der Waals surface area contributed by atoms with Crippen LogP contribution in [0.5, 0.6) is 0 Å². The van der Waals surface area contributed by atoms with E-state index < -0.39 is 0 Å². The lowest BCUT2D eigenvalue weighted by molar-refractivity contribution is 0.373. The predicted molar refractivity (Wildman–Crippen MR) is 85.4 cm³/mol. The molecule has 4 nitrogen and oxygen atoms in total. The Balaban J connectivity index is 2.18. The summed E-state index contributed by atoms with van der Waals surface area (Å²) in [5.41, 5.74) is 3.65. The largest absolute Gasteiger partial charge is 0.464 e. The summed E-state index contributed by atoms with van der Waals surface area (Å²) in [4.78, 5) is 0. The molecule has 4 heteroatoms. The van der Waals surface area contributed by atoms with E-state index in [1.54, 1.807) is 0 Å². The average molecular weight is 289 g/mol. The van der Waals surface area contributed by atoms with Crippen LogP contribution in [0.25, 0.3) is 0 Å². The third-order valence-corrected chi connectivity index (χ3v) is 4.23. The lowest BCUT2D eigenvalue weighted by atomic mass is 10.0. The lowest BCUT2D eigenvalue weighted by Crippen LogP contribution is -2.25. The molecule has 1 N–H and O–H groups in total. The van der Waals surface area contributed by atoms with Crippen LogP contribution < -0.4 is 5.32 Å². The fourth-order valence-corrected chi connectivity index (χ4v) is 2.90. The van der Waals surface area contributed by atoms with Crippen LogP contribution in [-0.4, -0.2) is 9.78 Å². The average Bonchev–Trinajstić information content (AvgIpc) is 3.03. The van der Waals surface area contributed by atoms with Gasteiger partial charge >= 0.3 is 0 Å². The molecule has 0 aliphatic carbocycles. The second-order valence-corrected chi connectivity index (χ2v) is 5.71. The van der Waals surface area contributed by atoms with E-state index in [9.17, 15) is 0 Å². The highest BCUT2D eigenvalue weighted by molar-refractivity contribution is 5.28. The molecule has 0 amide bonds. The van der Waals surface area contributed by atoms with Gasteiger partial charge in [0.05, 0.1) is 11.7 Å². The maximum atomic E-state index is 5.86. The van der Waals surface area contributed by atoms with Gasteiger partial charge in [-0.3, -0.25) is 4.68 Å². The molecule has 2 heterocycles. The highest BCUT2D eigenvalue weighted by atomic mass is 16.3. The molecule has 0 saturated carbocycles. The van der Waals surface area contributed by atoms with Crippen molar-refractivity contribution in [2.75, 3.05) is 0 Å². The zero-order valence-corrected chi connectivity index (χ0v) is 14.0. The van der Waals surface area contributed by atoms with Crippen molar-refractivity contribution in [1.29, 1.82) is 0 Å². The van der Waals surface area contributed by atoms with Crippen LogP contribution >= 0.6 is 0 Å². The summed E-state index contributed by atoms with van der Waals surface area (Å²) in [6.45, 7) is 10.7. The highest BCUT2D eigenvalue weighted by Crippen LogP contribution is 2.27. The first-order valence-electron chi connectivity index (χ1n) is 7.82. The van der Waals surface area contributed by atoms with E-state index in [1.807, 2.05) is 11.7 Å². The van der Waals surface area contributed by atoms with Gasteiger partial charge < -0.3 is 9.73 Å². The van der Waals surface area contributed by atoms with Gasteiger partial charge in [0.25, 0.3) is 0 Å². The number of nitrogens with zero attached hydrogens (tertiary/aromatic N) is 2. The normalized spacial score (nSPS) is 14.4. The van der Waals surface area contributed by atoms with Crippen molar-refractivity contribution < 1.29 is 4.42 Å². The van der Waals surface area contributed by atoms with Crippen molar-refractivity contribution in [1.82, 2.24) is 15.1 Å². The molecule has 0 aromatic carbocycles. The smallest absolute Gasteiger partial charge is 0.120 e. The molecule has 0 saturated heterocycles. The summed E-state index contributed by atoms with van der Waals surface area (Å²) in [7, 11) is 2.00. The van der Waals surface area contributed by atoms with E-state index in [2.05, 4.69) is 57.2 Å². The third kappa shape index (κ3) is 3.21. The molecule has 2 aromatic heterocycles. The standard InChI is InChI=1S/C17H27N3O/c1-7-14-9-10-16(21-14)11(3)18-15(8-2)17-12(4)19-20(6)13(17)5/h9-11,15,18H,7-8H2,1-6H3/t11-,15+/m0/s1. The van der Waals surface area contributed by atoms with Gasteiger partial charge in [-0.25, -0.2) is 0 Å². The van der Waals surface area contributed by atoms with Crippen molar-refractivity contribution in [2.45, 2.75) is 59.5 Å². The Bertz CT molecular complexity index is 597. The zero-order valence-electron chi connectivity index (χ0n) is 14.0. The van der Waals surface area contributed by atoms with Crippen molar-refractivity contribution in [2.24, 2.45) is 7.05 Å². The quantitative estimate of drug-likeness (QED) is 0.874. The minimum atomic E-state index is 0.189.